The first-order valence-electron chi connectivity index (χ1n) is 6.40. The van der Waals surface area contributed by atoms with Crippen LogP contribution in [-0.4, -0.2) is 41.0 Å². The summed E-state index contributed by atoms with van der Waals surface area (Å²) >= 11 is 3.36. The summed E-state index contributed by atoms with van der Waals surface area (Å²) in [6.45, 7) is 4.18. The Bertz CT molecular complexity index is 477. The van der Waals surface area contributed by atoms with Crippen LogP contribution in [0.25, 0.3) is 0 Å². The molecule has 0 radical (unpaired) electrons. The minimum absolute atomic E-state index is 0.0556. The van der Waals surface area contributed by atoms with Crippen molar-refractivity contribution in [3.8, 4) is 0 Å². The normalized spacial score (nSPS) is 10.8. The maximum atomic E-state index is 11.9. The Balaban J connectivity index is 2.50. The van der Waals surface area contributed by atoms with Gasteiger partial charge in [-0.05, 0) is 41.9 Å². The van der Waals surface area contributed by atoms with Crippen molar-refractivity contribution in [1.82, 2.24) is 4.90 Å². The van der Waals surface area contributed by atoms with Crippen molar-refractivity contribution in [3.63, 3.8) is 0 Å². The Hall–Kier alpha value is -1.40. The van der Waals surface area contributed by atoms with Gasteiger partial charge in [0.2, 0.25) is 5.91 Å². The fourth-order valence-corrected chi connectivity index (χ4v) is 2.10. The van der Waals surface area contributed by atoms with Gasteiger partial charge >= 0.3 is 5.97 Å². The van der Waals surface area contributed by atoms with Gasteiger partial charge < -0.3 is 10.4 Å². The molecule has 0 fully saturated rings. The number of halogens is 1. The van der Waals surface area contributed by atoms with E-state index in [-0.39, 0.29) is 24.9 Å². The third kappa shape index (κ3) is 5.71. The van der Waals surface area contributed by atoms with Crippen molar-refractivity contribution in [2.75, 3.05) is 18.4 Å². The molecule has 0 aliphatic heterocycles. The van der Waals surface area contributed by atoms with Crippen molar-refractivity contribution < 1.29 is 14.7 Å². The van der Waals surface area contributed by atoms with Crippen LogP contribution < -0.4 is 5.32 Å². The van der Waals surface area contributed by atoms with Gasteiger partial charge in [-0.2, -0.15) is 0 Å². The van der Waals surface area contributed by atoms with E-state index in [1.54, 1.807) is 11.0 Å². The number of anilines is 1. The van der Waals surface area contributed by atoms with Gasteiger partial charge in [0, 0.05) is 23.5 Å². The average Bonchev–Trinajstić information content (AvgIpc) is 2.36. The molecule has 0 aromatic heterocycles. The molecule has 1 rings (SSSR count). The molecular weight excluding hydrogens is 324 g/mol. The molecule has 0 saturated heterocycles. The third-order valence-corrected chi connectivity index (χ3v) is 3.53. The number of aliphatic carboxylic acids is 1. The van der Waals surface area contributed by atoms with E-state index in [4.69, 9.17) is 5.11 Å². The number of nitrogens with zero attached hydrogens (tertiary/aromatic N) is 1. The Morgan fingerprint density at radius 1 is 1.35 bits per heavy atom. The van der Waals surface area contributed by atoms with Gasteiger partial charge in [0.05, 0.1) is 12.2 Å². The van der Waals surface area contributed by atoms with Crippen molar-refractivity contribution in [2.45, 2.75) is 26.3 Å². The highest BCUT2D eigenvalue weighted by atomic mass is 79.9. The average molecular weight is 343 g/mol. The smallest absolute Gasteiger partial charge is 0.317 e. The highest BCUT2D eigenvalue weighted by Crippen LogP contribution is 2.21. The highest BCUT2D eigenvalue weighted by molar-refractivity contribution is 9.10. The third-order valence-electron chi connectivity index (χ3n) is 2.84. The zero-order valence-corrected chi connectivity index (χ0v) is 13.2. The number of hydrogen-bond donors (Lipinski definition) is 2. The second-order valence-electron chi connectivity index (χ2n) is 4.74. The fraction of sp³-hybridized carbons (Fsp3) is 0.429. The molecule has 0 unspecified atom stereocenters. The monoisotopic (exact) mass is 342 g/mol. The summed E-state index contributed by atoms with van der Waals surface area (Å²) in [5.74, 6) is -1.02. The standard InChI is InChI=1S/C14H19BrN2O3/c1-10(2)17(9-14(19)20)8-7-13(18)16-12-6-4-3-5-11(12)15/h3-6,10H,7-9H2,1-2H3,(H,16,18)(H,19,20). The van der Waals surface area contributed by atoms with Crippen molar-refractivity contribution >= 4 is 33.5 Å². The van der Waals surface area contributed by atoms with Gasteiger partial charge in [-0.3, -0.25) is 14.5 Å². The second-order valence-corrected chi connectivity index (χ2v) is 5.59. The number of carboxylic acids is 1. The van der Waals surface area contributed by atoms with E-state index in [0.717, 1.165) is 4.47 Å². The van der Waals surface area contributed by atoms with E-state index >= 15 is 0 Å². The minimum atomic E-state index is -0.884. The molecule has 0 bridgehead atoms. The van der Waals surface area contributed by atoms with Gasteiger partial charge in [0.15, 0.2) is 0 Å². The molecule has 1 amide bonds. The number of benzene rings is 1. The van der Waals surface area contributed by atoms with E-state index in [9.17, 15) is 9.59 Å². The zero-order chi connectivity index (χ0) is 15.1. The lowest BCUT2D eigenvalue weighted by Gasteiger charge is -2.24. The van der Waals surface area contributed by atoms with Crippen LogP contribution in [-0.2, 0) is 9.59 Å². The van der Waals surface area contributed by atoms with Crippen LogP contribution in [0.4, 0.5) is 5.69 Å². The largest absolute Gasteiger partial charge is 0.480 e. The summed E-state index contributed by atoms with van der Waals surface area (Å²) in [6, 6.07) is 7.44. The Labute approximate surface area is 127 Å². The number of para-hydroxylation sites is 1. The maximum Gasteiger partial charge on any atom is 0.317 e. The number of hydrogen-bond acceptors (Lipinski definition) is 3. The molecule has 0 spiro atoms. The van der Waals surface area contributed by atoms with Crippen LogP contribution in [0.3, 0.4) is 0 Å². The lowest BCUT2D eigenvalue weighted by molar-refractivity contribution is -0.139. The second kappa shape index (κ2) is 8.01. The lowest BCUT2D eigenvalue weighted by atomic mass is 10.2. The summed E-state index contributed by atoms with van der Waals surface area (Å²) in [7, 11) is 0. The first kappa shape index (κ1) is 16.7. The summed E-state index contributed by atoms with van der Waals surface area (Å²) < 4.78 is 0.819. The van der Waals surface area contributed by atoms with E-state index in [2.05, 4.69) is 21.2 Å². The van der Waals surface area contributed by atoms with Gasteiger partial charge in [0.25, 0.3) is 0 Å². The Morgan fingerprint density at radius 2 is 2.00 bits per heavy atom. The molecule has 20 heavy (non-hydrogen) atoms. The molecule has 0 aliphatic carbocycles. The van der Waals surface area contributed by atoms with Crippen LogP contribution in [0, 0.1) is 0 Å². The zero-order valence-electron chi connectivity index (χ0n) is 11.6. The molecule has 110 valence electrons. The number of carboxylic acid groups (broad SMARTS) is 1. The van der Waals surface area contributed by atoms with Gasteiger partial charge in [-0.25, -0.2) is 0 Å². The Kier molecular flexibility index (Phi) is 6.67. The molecule has 6 heteroatoms. The van der Waals surface area contributed by atoms with Gasteiger partial charge in [-0.1, -0.05) is 12.1 Å². The molecule has 2 N–H and O–H groups in total. The van der Waals surface area contributed by atoms with E-state index in [0.29, 0.717) is 12.2 Å². The molecule has 0 saturated carbocycles. The summed E-state index contributed by atoms with van der Waals surface area (Å²) in [4.78, 5) is 24.4. The van der Waals surface area contributed by atoms with Crippen molar-refractivity contribution in [2.24, 2.45) is 0 Å². The molecule has 1 aromatic carbocycles. The van der Waals surface area contributed by atoms with E-state index in [1.807, 2.05) is 32.0 Å². The topological polar surface area (TPSA) is 69.6 Å². The molecular formula is C14H19BrN2O3. The summed E-state index contributed by atoms with van der Waals surface area (Å²) in [5.41, 5.74) is 0.715. The number of amides is 1. The molecule has 1 aromatic rings. The molecule has 0 aliphatic rings. The number of rotatable bonds is 7. The SMILES string of the molecule is CC(C)N(CCC(=O)Nc1ccccc1Br)CC(=O)O. The predicted octanol–water partition coefficient (Wildman–Crippen LogP) is 2.57. The molecule has 5 nitrogen and oxygen atoms in total. The first-order valence-corrected chi connectivity index (χ1v) is 7.19. The summed E-state index contributed by atoms with van der Waals surface area (Å²) in [5, 5.41) is 11.6. The molecule has 0 heterocycles. The van der Waals surface area contributed by atoms with E-state index in [1.165, 1.54) is 0 Å². The van der Waals surface area contributed by atoms with Crippen LogP contribution in [0.5, 0.6) is 0 Å². The van der Waals surface area contributed by atoms with Crippen LogP contribution in [0.2, 0.25) is 0 Å². The van der Waals surface area contributed by atoms with Crippen LogP contribution in [0.15, 0.2) is 28.7 Å². The number of carbonyl (C=O) groups excluding carboxylic acids is 1. The van der Waals surface area contributed by atoms with Crippen LogP contribution in [0.1, 0.15) is 20.3 Å². The first-order chi connectivity index (χ1) is 9.40. The van der Waals surface area contributed by atoms with Crippen molar-refractivity contribution in [3.05, 3.63) is 28.7 Å². The van der Waals surface area contributed by atoms with Gasteiger partial charge in [-0.15, -0.1) is 0 Å². The van der Waals surface area contributed by atoms with Gasteiger partial charge in [0.1, 0.15) is 0 Å². The molecule has 0 atom stereocenters. The predicted molar refractivity (Wildman–Crippen MR) is 81.7 cm³/mol. The lowest BCUT2D eigenvalue weighted by Crippen LogP contribution is -2.37. The highest BCUT2D eigenvalue weighted by Gasteiger charge is 2.15. The number of carbonyl (C=O) groups is 2. The maximum absolute atomic E-state index is 11.9. The quantitative estimate of drug-likeness (QED) is 0.798. The number of nitrogens with one attached hydrogen (secondary N) is 1. The minimum Gasteiger partial charge on any atom is -0.480 e. The summed E-state index contributed by atoms with van der Waals surface area (Å²) in [6.07, 6.45) is 0.257. The van der Waals surface area contributed by atoms with Crippen molar-refractivity contribution in [1.29, 1.82) is 0 Å². The fourth-order valence-electron chi connectivity index (χ4n) is 1.71. The Morgan fingerprint density at radius 3 is 2.55 bits per heavy atom. The van der Waals surface area contributed by atoms with E-state index < -0.39 is 5.97 Å². The van der Waals surface area contributed by atoms with Crippen LogP contribution >= 0.6 is 15.9 Å².